The number of aliphatic hydroxyl groups excluding tert-OH is 1. The Labute approximate surface area is 287 Å². The standard InChI is InChI=1S/C36H54N2O2.C2H4O3.Co/c1-33(2,3)25-17-23(31(39)27(19-25)35(7,8)9)21-37-29-15-13-14-16-30(29)38-22-24-18-26(34(4,5)6)20-28(32(24)40)36(10,11)12;3-1-2(4)5;/h17-22,29-30,39-40H,13-16H2,1-12H3;3H,1H2,(H,4,5);. The number of hydrogen-bond donors (Lipinski definition) is 4. The second-order valence-electron chi connectivity index (χ2n) is 16.5. The monoisotopic (exact) mass is 681 g/mol. The van der Waals surface area contributed by atoms with Crippen LogP contribution in [-0.2, 0) is 43.2 Å². The van der Waals surface area contributed by atoms with Gasteiger partial charge in [0.15, 0.2) is 0 Å². The zero-order valence-corrected chi connectivity index (χ0v) is 31.1. The van der Waals surface area contributed by atoms with E-state index in [-0.39, 0.29) is 50.5 Å². The van der Waals surface area contributed by atoms with Gasteiger partial charge in [0, 0.05) is 51.5 Å². The van der Waals surface area contributed by atoms with E-state index in [1.54, 1.807) is 0 Å². The number of aliphatic carboxylic acids is 1. The molecule has 1 fully saturated rings. The summed E-state index contributed by atoms with van der Waals surface area (Å²) in [7, 11) is 0. The zero-order chi connectivity index (χ0) is 34.5. The number of carboxylic acid groups (broad SMARTS) is 1. The predicted molar refractivity (Wildman–Crippen MR) is 187 cm³/mol. The van der Waals surface area contributed by atoms with Crippen molar-refractivity contribution in [3.63, 3.8) is 0 Å². The molecule has 0 heterocycles. The van der Waals surface area contributed by atoms with Crippen LogP contribution < -0.4 is 0 Å². The Balaban J connectivity index is 0.00000163. The van der Waals surface area contributed by atoms with Gasteiger partial charge in [-0.05, 0) is 57.8 Å². The quantitative estimate of drug-likeness (QED) is 0.237. The van der Waals surface area contributed by atoms with Gasteiger partial charge in [0.1, 0.15) is 18.1 Å². The van der Waals surface area contributed by atoms with E-state index in [9.17, 15) is 10.2 Å². The van der Waals surface area contributed by atoms with Crippen LogP contribution in [0.1, 0.15) is 142 Å². The summed E-state index contributed by atoms with van der Waals surface area (Å²) in [5.41, 5.74) is 5.39. The fourth-order valence-electron chi connectivity index (χ4n) is 5.31. The van der Waals surface area contributed by atoms with Gasteiger partial charge in [-0.1, -0.05) is 108 Å². The molecule has 2 unspecified atom stereocenters. The van der Waals surface area contributed by atoms with Gasteiger partial charge < -0.3 is 20.4 Å². The summed E-state index contributed by atoms with van der Waals surface area (Å²) >= 11 is 0. The molecule has 4 N–H and O–H groups in total. The van der Waals surface area contributed by atoms with Gasteiger partial charge in [-0.25, -0.2) is 4.79 Å². The summed E-state index contributed by atoms with van der Waals surface area (Å²) in [4.78, 5) is 19.2. The minimum absolute atomic E-state index is 0. The summed E-state index contributed by atoms with van der Waals surface area (Å²) in [6.07, 6.45) is 7.90. The third kappa shape index (κ3) is 11.5. The summed E-state index contributed by atoms with van der Waals surface area (Å²) < 4.78 is 0. The van der Waals surface area contributed by atoms with Gasteiger partial charge in [0.05, 0.1) is 12.1 Å². The number of nitrogens with zero attached hydrogens (tertiary/aromatic N) is 2. The number of carboxylic acids is 1. The molecule has 1 saturated carbocycles. The van der Waals surface area contributed by atoms with Gasteiger partial charge in [-0.2, -0.15) is 0 Å². The molecule has 2 aromatic rings. The first kappa shape index (κ1) is 41.3. The molecule has 46 heavy (non-hydrogen) atoms. The van der Waals surface area contributed by atoms with Gasteiger partial charge in [-0.3, -0.25) is 9.98 Å². The number of aromatic hydroxyl groups is 2. The van der Waals surface area contributed by atoms with Crippen molar-refractivity contribution in [1.29, 1.82) is 0 Å². The van der Waals surface area contributed by atoms with Crippen molar-refractivity contribution in [3.8, 4) is 11.5 Å². The molecular weight excluding hydrogens is 623 g/mol. The number of rotatable bonds is 5. The van der Waals surface area contributed by atoms with E-state index in [0.29, 0.717) is 11.5 Å². The largest absolute Gasteiger partial charge is 0.507 e. The minimum Gasteiger partial charge on any atom is -0.507 e. The Kier molecular flexibility index (Phi) is 14.3. The van der Waals surface area contributed by atoms with E-state index in [0.717, 1.165) is 47.9 Å². The second kappa shape index (κ2) is 15.9. The Morgan fingerprint density at radius 2 is 0.978 bits per heavy atom. The Morgan fingerprint density at radius 1 is 0.674 bits per heavy atom. The molecule has 259 valence electrons. The number of carbonyl (C=O) groups is 1. The van der Waals surface area contributed by atoms with Crippen molar-refractivity contribution in [2.24, 2.45) is 9.98 Å². The van der Waals surface area contributed by atoms with Crippen LogP contribution in [0.25, 0.3) is 0 Å². The molecule has 8 heteroatoms. The zero-order valence-electron chi connectivity index (χ0n) is 30.1. The third-order valence-electron chi connectivity index (χ3n) is 8.27. The molecule has 1 aliphatic carbocycles. The Bertz CT molecular complexity index is 1290. The van der Waals surface area contributed by atoms with E-state index in [4.69, 9.17) is 25.0 Å². The van der Waals surface area contributed by atoms with Crippen molar-refractivity contribution in [1.82, 2.24) is 0 Å². The fraction of sp³-hybridized carbons (Fsp3) is 0.605. The third-order valence-corrected chi connectivity index (χ3v) is 8.27. The van der Waals surface area contributed by atoms with E-state index < -0.39 is 12.6 Å². The van der Waals surface area contributed by atoms with E-state index in [1.165, 1.54) is 11.1 Å². The van der Waals surface area contributed by atoms with Crippen molar-refractivity contribution < 1.29 is 42.0 Å². The van der Waals surface area contributed by atoms with Crippen LogP contribution in [0.2, 0.25) is 0 Å². The van der Waals surface area contributed by atoms with Crippen LogP contribution in [0, 0.1) is 0 Å². The Hall–Kier alpha value is -2.68. The van der Waals surface area contributed by atoms with E-state index in [2.05, 4.69) is 107 Å². The summed E-state index contributed by atoms with van der Waals surface area (Å²) in [5, 5.41) is 37.5. The Morgan fingerprint density at radius 3 is 1.22 bits per heavy atom. The number of benzene rings is 2. The molecule has 0 spiro atoms. The molecular formula is C38H58CoN2O5. The predicted octanol–water partition coefficient (Wildman–Crippen LogP) is 8.20. The smallest absolute Gasteiger partial charge is 0.329 e. The van der Waals surface area contributed by atoms with Crippen LogP contribution in [0.5, 0.6) is 11.5 Å². The molecule has 0 aliphatic heterocycles. The van der Waals surface area contributed by atoms with Crippen LogP contribution in [-0.4, -0.2) is 57.5 Å². The number of aliphatic imine (C=N–C) groups is 2. The maximum absolute atomic E-state index is 11.2. The van der Waals surface area contributed by atoms with Gasteiger partial charge in [0.25, 0.3) is 0 Å². The van der Waals surface area contributed by atoms with Crippen LogP contribution in [0.3, 0.4) is 0 Å². The van der Waals surface area contributed by atoms with Crippen molar-refractivity contribution in [2.75, 3.05) is 6.61 Å². The molecule has 1 radical (unpaired) electrons. The van der Waals surface area contributed by atoms with Gasteiger partial charge in [-0.15, -0.1) is 0 Å². The van der Waals surface area contributed by atoms with Gasteiger partial charge in [0.2, 0.25) is 0 Å². The number of aliphatic hydroxyl groups is 1. The molecule has 2 atom stereocenters. The maximum Gasteiger partial charge on any atom is 0.329 e. The molecule has 0 bridgehead atoms. The van der Waals surface area contributed by atoms with E-state index >= 15 is 0 Å². The van der Waals surface area contributed by atoms with Crippen molar-refractivity contribution in [2.45, 2.75) is 143 Å². The number of phenolic OH excluding ortho intramolecular Hbond substituents is 2. The average molecular weight is 682 g/mol. The summed E-state index contributed by atoms with van der Waals surface area (Å²) in [6.45, 7) is 25.2. The SMILES string of the molecule is CC(C)(C)c1cc(C=NC2CCCCC2N=Cc2cc(C(C)(C)C)cc(C(C)(C)C)c2O)c(O)c(C(C)(C)C)c1.O=C(O)CO.[Co]. The molecule has 1 aliphatic rings. The second-order valence-corrected chi connectivity index (χ2v) is 16.5. The van der Waals surface area contributed by atoms with Gasteiger partial charge >= 0.3 is 5.97 Å². The molecule has 7 nitrogen and oxygen atoms in total. The fourth-order valence-corrected chi connectivity index (χ4v) is 5.31. The average Bonchev–Trinajstić information content (AvgIpc) is 2.90. The number of hydrogen-bond acceptors (Lipinski definition) is 6. The van der Waals surface area contributed by atoms with Crippen molar-refractivity contribution >= 4 is 18.4 Å². The van der Waals surface area contributed by atoms with Crippen LogP contribution in [0.15, 0.2) is 34.3 Å². The normalized spacial score (nSPS) is 17.8. The first-order valence-electron chi connectivity index (χ1n) is 16.1. The first-order valence-corrected chi connectivity index (χ1v) is 16.1. The topological polar surface area (TPSA) is 123 Å². The molecule has 0 amide bonds. The maximum atomic E-state index is 11.2. The minimum atomic E-state index is -1.19. The molecule has 2 aromatic carbocycles. The molecule has 0 saturated heterocycles. The first-order chi connectivity index (χ1) is 20.5. The molecule has 0 aromatic heterocycles. The summed E-state index contributed by atoms with van der Waals surface area (Å²) in [6, 6.07) is 8.53. The number of phenols is 2. The van der Waals surface area contributed by atoms with E-state index in [1.807, 2.05) is 12.4 Å². The van der Waals surface area contributed by atoms with Crippen LogP contribution >= 0.6 is 0 Å². The summed E-state index contributed by atoms with van der Waals surface area (Å²) in [5.74, 6) is -0.553. The molecule has 3 rings (SSSR count). The van der Waals surface area contributed by atoms with Crippen LogP contribution in [0.4, 0.5) is 0 Å². The van der Waals surface area contributed by atoms with Crippen molar-refractivity contribution in [3.05, 3.63) is 57.6 Å².